The van der Waals surface area contributed by atoms with Crippen LogP contribution in [0.1, 0.15) is 25.0 Å². The molecule has 7 heteroatoms. The van der Waals surface area contributed by atoms with Crippen molar-refractivity contribution >= 4 is 20.9 Å². The van der Waals surface area contributed by atoms with E-state index >= 15 is 0 Å². The van der Waals surface area contributed by atoms with Gasteiger partial charge in [0.15, 0.2) is 0 Å². The Bertz CT molecular complexity index is 328. The molecule has 0 aliphatic carbocycles. The van der Waals surface area contributed by atoms with E-state index in [0.717, 1.165) is 12.0 Å². The molecule has 1 atom stereocenters. The van der Waals surface area contributed by atoms with Gasteiger partial charge in [0.1, 0.15) is 6.29 Å². The number of carbonyl (C=O) groups excluding carboxylic acids is 2. The van der Waals surface area contributed by atoms with Crippen molar-refractivity contribution in [3.8, 4) is 0 Å². The summed E-state index contributed by atoms with van der Waals surface area (Å²) in [4.78, 5) is 21.6. The second-order valence-electron chi connectivity index (χ2n) is 3.31. The lowest BCUT2D eigenvalue weighted by molar-refractivity contribution is -0.125. The fourth-order valence-corrected chi connectivity index (χ4v) is 1.96. The number of amides is 1. The zero-order chi connectivity index (χ0) is 11.8. The van der Waals surface area contributed by atoms with Crippen molar-refractivity contribution in [3.63, 3.8) is 0 Å². The molecular formula is C9H15N4O2P. The molecule has 1 heterocycles. The zero-order valence-electron chi connectivity index (χ0n) is 9.14. The molecule has 0 spiro atoms. The van der Waals surface area contributed by atoms with E-state index in [1.54, 1.807) is 17.9 Å². The molecule has 0 aliphatic rings. The molecule has 1 aromatic rings. The minimum atomic E-state index is 0.0729. The lowest BCUT2D eigenvalue weighted by Crippen LogP contribution is -2.18. The Labute approximate surface area is 95.6 Å². The minimum absolute atomic E-state index is 0.0729. The Kier molecular flexibility index (Phi) is 5.64. The van der Waals surface area contributed by atoms with E-state index in [-0.39, 0.29) is 5.91 Å². The largest absolute Gasteiger partial charge is 0.327 e. The molecule has 1 N–H and O–H groups in total. The highest BCUT2D eigenvalue weighted by Crippen LogP contribution is 2.21. The summed E-state index contributed by atoms with van der Waals surface area (Å²) in [5, 5.41) is 10.1. The van der Waals surface area contributed by atoms with Crippen LogP contribution in [0.4, 0.5) is 0 Å². The van der Waals surface area contributed by atoms with Crippen molar-refractivity contribution in [1.82, 2.24) is 20.1 Å². The number of aromatic amines is 1. The van der Waals surface area contributed by atoms with Crippen molar-refractivity contribution in [2.24, 2.45) is 0 Å². The topological polar surface area (TPSA) is 79.0 Å². The van der Waals surface area contributed by atoms with Gasteiger partial charge in [0, 0.05) is 26.1 Å². The third-order valence-corrected chi connectivity index (χ3v) is 3.29. The molecule has 0 fully saturated rings. The van der Waals surface area contributed by atoms with Crippen molar-refractivity contribution in [2.75, 3.05) is 7.05 Å². The highest BCUT2D eigenvalue weighted by molar-refractivity contribution is 7.35. The van der Waals surface area contributed by atoms with E-state index < -0.39 is 0 Å². The van der Waals surface area contributed by atoms with Crippen LogP contribution in [-0.4, -0.2) is 39.3 Å². The van der Waals surface area contributed by atoms with Crippen molar-refractivity contribution in [3.05, 3.63) is 11.9 Å². The Morgan fingerprint density at radius 3 is 3.12 bits per heavy atom. The van der Waals surface area contributed by atoms with Gasteiger partial charge < -0.3 is 9.46 Å². The van der Waals surface area contributed by atoms with Gasteiger partial charge >= 0.3 is 0 Å². The molecular weight excluding hydrogens is 227 g/mol. The van der Waals surface area contributed by atoms with Crippen molar-refractivity contribution < 1.29 is 9.59 Å². The van der Waals surface area contributed by atoms with Crippen LogP contribution >= 0.6 is 8.73 Å². The fraction of sp³-hybridized carbons (Fsp3) is 0.556. The number of hydrogen-bond donors (Lipinski definition) is 1. The number of carbonyl (C=O) groups is 2. The number of H-pyrrole nitrogens is 1. The Morgan fingerprint density at radius 2 is 2.50 bits per heavy atom. The summed E-state index contributed by atoms with van der Waals surface area (Å²) in [6, 6.07) is 0. The van der Waals surface area contributed by atoms with Crippen LogP contribution in [0.25, 0.3) is 0 Å². The molecule has 1 amide bonds. The van der Waals surface area contributed by atoms with Crippen molar-refractivity contribution in [1.29, 1.82) is 0 Å². The molecule has 16 heavy (non-hydrogen) atoms. The molecule has 1 unspecified atom stereocenters. The quantitative estimate of drug-likeness (QED) is 0.434. The van der Waals surface area contributed by atoms with E-state index in [9.17, 15) is 9.59 Å². The molecule has 0 radical (unpaired) electrons. The predicted molar refractivity (Wildman–Crippen MR) is 61.1 cm³/mol. The van der Waals surface area contributed by atoms with E-state index in [1.165, 1.54) is 0 Å². The summed E-state index contributed by atoms with van der Waals surface area (Å²) in [7, 11) is 2.13. The smallest absolute Gasteiger partial charge is 0.225 e. The maximum Gasteiger partial charge on any atom is 0.225 e. The van der Waals surface area contributed by atoms with Crippen LogP contribution < -0.4 is 0 Å². The third kappa shape index (κ3) is 4.49. The Morgan fingerprint density at radius 1 is 1.69 bits per heavy atom. The standard InChI is InChI=1S/C9H15N4O2P/c1-13(9(15)4-2-3-5-14)16-7-8-6-10-12-11-8/h5-6,16H,2-4,7H2,1H3,(H,10,11,12). The number of aromatic nitrogens is 3. The zero-order valence-corrected chi connectivity index (χ0v) is 10.1. The van der Waals surface area contributed by atoms with Crippen LogP contribution in [0.5, 0.6) is 0 Å². The van der Waals surface area contributed by atoms with Gasteiger partial charge in [-0.2, -0.15) is 15.4 Å². The number of rotatable bonds is 7. The average molecular weight is 242 g/mol. The first kappa shape index (κ1) is 12.8. The second kappa shape index (κ2) is 7.06. The predicted octanol–water partition coefficient (Wildman–Crippen LogP) is 0.726. The highest BCUT2D eigenvalue weighted by Gasteiger charge is 2.08. The molecule has 0 aromatic carbocycles. The maximum absolute atomic E-state index is 11.6. The third-order valence-electron chi connectivity index (χ3n) is 2.05. The number of nitrogens with zero attached hydrogens (tertiary/aromatic N) is 3. The number of nitrogens with one attached hydrogen (secondary N) is 1. The van der Waals surface area contributed by atoms with E-state index in [2.05, 4.69) is 15.4 Å². The second-order valence-corrected chi connectivity index (χ2v) is 4.65. The lowest BCUT2D eigenvalue weighted by Gasteiger charge is -2.15. The molecule has 1 aromatic heterocycles. The van der Waals surface area contributed by atoms with Gasteiger partial charge in [-0.3, -0.25) is 4.79 Å². The van der Waals surface area contributed by atoms with E-state index in [1.807, 2.05) is 0 Å². The first-order valence-corrected chi connectivity index (χ1v) is 6.18. The van der Waals surface area contributed by atoms with Crippen LogP contribution in [0.2, 0.25) is 0 Å². The monoisotopic (exact) mass is 242 g/mol. The van der Waals surface area contributed by atoms with E-state index in [4.69, 9.17) is 0 Å². The van der Waals surface area contributed by atoms with E-state index in [0.29, 0.717) is 34.2 Å². The summed E-state index contributed by atoms with van der Waals surface area (Å²) in [6.07, 6.45) is 4.71. The normalized spacial score (nSPS) is 10.8. The van der Waals surface area contributed by atoms with Crippen LogP contribution in [-0.2, 0) is 15.8 Å². The Hall–Kier alpha value is -1.29. The van der Waals surface area contributed by atoms with Gasteiger partial charge in [0.2, 0.25) is 5.91 Å². The highest BCUT2D eigenvalue weighted by atomic mass is 31.1. The van der Waals surface area contributed by atoms with Gasteiger partial charge in [0.05, 0.1) is 11.9 Å². The minimum Gasteiger partial charge on any atom is -0.327 e. The van der Waals surface area contributed by atoms with Gasteiger partial charge in [-0.1, -0.05) is 0 Å². The first-order chi connectivity index (χ1) is 7.74. The van der Waals surface area contributed by atoms with Gasteiger partial charge in [-0.05, 0) is 15.2 Å². The Balaban J connectivity index is 2.20. The average Bonchev–Trinajstić information content (AvgIpc) is 2.79. The molecule has 0 saturated heterocycles. The lowest BCUT2D eigenvalue weighted by atomic mass is 10.2. The molecule has 0 bridgehead atoms. The summed E-state index contributed by atoms with van der Waals surface area (Å²) < 4.78 is 1.68. The molecule has 6 nitrogen and oxygen atoms in total. The molecule has 88 valence electrons. The molecule has 0 saturated carbocycles. The number of aldehydes is 1. The molecule has 0 aliphatic heterocycles. The summed E-state index contributed by atoms with van der Waals surface area (Å²) in [5.74, 6) is 0.0729. The maximum atomic E-state index is 11.6. The van der Waals surface area contributed by atoms with Gasteiger partial charge in [-0.15, -0.1) is 0 Å². The molecule has 1 rings (SSSR count). The summed E-state index contributed by atoms with van der Waals surface area (Å²) >= 11 is 0. The fourth-order valence-electron chi connectivity index (χ4n) is 1.10. The van der Waals surface area contributed by atoms with Crippen molar-refractivity contribution in [2.45, 2.75) is 25.4 Å². The number of unbranched alkanes of at least 4 members (excludes halogenated alkanes) is 1. The summed E-state index contributed by atoms with van der Waals surface area (Å²) in [5.41, 5.74) is 0.853. The summed E-state index contributed by atoms with van der Waals surface area (Å²) in [6.45, 7) is 0. The van der Waals surface area contributed by atoms with Gasteiger partial charge in [0.25, 0.3) is 0 Å². The first-order valence-electron chi connectivity index (χ1n) is 5.02. The van der Waals surface area contributed by atoms with Crippen LogP contribution in [0, 0.1) is 0 Å². The van der Waals surface area contributed by atoms with Crippen LogP contribution in [0.3, 0.4) is 0 Å². The number of hydrogen-bond acceptors (Lipinski definition) is 4. The van der Waals surface area contributed by atoms with Gasteiger partial charge in [-0.25, -0.2) is 0 Å². The SMILES string of the molecule is CN(PCc1cn[nH]n1)C(=O)CCCC=O. The van der Waals surface area contributed by atoms with Crippen LogP contribution in [0.15, 0.2) is 6.20 Å².